The van der Waals surface area contributed by atoms with Gasteiger partial charge in [-0.25, -0.2) is 8.78 Å². The third-order valence-corrected chi connectivity index (χ3v) is 1.22. The molecule has 0 amide bonds. The highest BCUT2D eigenvalue weighted by atomic mass is 32.1. The van der Waals surface area contributed by atoms with Crippen LogP contribution in [0.2, 0.25) is 0 Å². The molecule has 1 nitrogen and oxygen atoms in total. The predicted molar refractivity (Wildman–Crippen MR) is 42.6 cm³/mol. The molecular weight excluding hydrogens is 168 g/mol. The molecule has 0 atom stereocenters. The van der Waals surface area contributed by atoms with Crippen LogP contribution in [0.3, 0.4) is 0 Å². The van der Waals surface area contributed by atoms with Crippen LogP contribution < -0.4 is 5.32 Å². The number of thiocarbonyl (C=S) groups is 1. The molecule has 0 aliphatic carbocycles. The van der Waals surface area contributed by atoms with E-state index in [-0.39, 0.29) is 5.69 Å². The topological polar surface area (TPSA) is 12.0 Å². The highest BCUT2D eigenvalue weighted by Gasteiger charge is 2.00. The van der Waals surface area contributed by atoms with Gasteiger partial charge < -0.3 is 5.32 Å². The molecule has 0 saturated heterocycles. The van der Waals surface area contributed by atoms with Crippen LogP contribution in [0.5, 0.6) is 0 Å². The first-order chi connectivity index (χ1) is 5.24. The number of hydrogen-bond donors (Lipinski definition) is 1. The fourth-order valence-electron chi connectivity index (χ4n) is 0.648. The maximum Gasteiger partial charge on any atom is 0.146 e. The van der Waals surface area contributed by atoms with Gasteiger partial charge in [-0.1, -0.05) is 12.2 Å². The van der Waals surface area contributed by atoms with E-state index in [1.807, 2.05) is 0 Å². The van der Waals surface area contributed by atoms with Crippen LogP contribution >= 0.6 is 12.2 Å². The van der Waals surface area contributed by atoms with E-state index in [4.69, 9.17) is 0 Å². The van der Waals surface area contributed by atoms with Crippen molar-refractivity contribution >= 4 is 23.4 Å². The molecule has 0 aliphatic rings. The van der Waals surface area contributed by atoms with Crippen LogP contribution in [0, 0.1) is 11.6 Å². The molecule has 1 aromatic rings. The van der Waals surface area contributed by atoms with E-state index in [1.165, 1.54) is 0 Å². The molecule has 0 heterocycles. The van der Waals surface area contributed by atoms with Crippen LogP contribution in [0.4, 0.5) is 14.5 Å². The molecule has 4 heteroatoms. The molecule has 1 radical (unpaired) electrons. The summed E-state index contributed by atoms with van der Waals surface area (Å²) < 4.78 is 25.0. The van der Waals surface area contributed by atoms with E-state index in [2.05, 4.69) is 23.0 Å². The Labute approximate surface area is 68.0 Å². The highest BCUT2D eigenvalue weighted by molar-refractivity contribution is 7.79. The molecule has 0 spiro atoms. The number of nitrogens with one attached hydrogen (secondary N) is 1. The summed E-state index contributed by atoms with van der Waals surface area (Å²) >= 11 is 4.29. The average Bonchev–Trinajstić information content (AvgIpc) is 1.98. The molecule has 0 fully saturated rings. The lowest BCUT2D eigenvalue weighted by molar-refractivity contribution is 0.604. The lowest BCUT2D eigenvalue weighted by Gasteiger charge is -1.99. The SMILES string of the molecule is Fc1ccc(F)c(N[C]=S)c1. The third-order valence-electron chi connectivity index (χ3n) is 1.11. The lowest BCUT2D eigenvalue weighted by atomic mass is 10.3. The maximum atomic E-state index is 12.6. The van der Waals surface area contributed by atoms with Gasteiger partial charge in [0.15, 0.2) is 0 Å². The van der Waals surface area contributed by atoms with Gasteiger partial charge in [-0.2, -0.15) is 0 Å². The fourth-order valence-corrected chi connectivity index (χ4v) is 0.758. The van der Waals surface area contributed by atoms with Gasteiger partial charge in [0, 0.05) is 6.07 Å². The maximum absolute atomic E-state index is 12.6. The lowest BCUT2D eigenvalue weighted by Crippen LogP contribution is -1.95. The van der Waals surface area contributed by atoms with Crippen molar-refractivity contribution in [1.29, 1.82) is 0 Å². The first-order valence-electron chi connectivity index (χ1n) is 2.82. The average molecular weight is 172 g/mol. The summed E-state index contributed by atoms with van der Waals surface area (Å²) in [5.74, 6) is -1.07. The Balaban J connectivity index is 3.01. The number of anilines is 1. The van der Waals surface area contributed by atoms with Crippen molar-refractivity contribution in [3.05, 3.63) is 29.8 Å². The summed E-state index contributed by atoms with van der Waals surface area (Å²) in [5, 5.41) is 2.27. The van der Waals surface area contributed by atoms with Gasteiger partial charge >= 0.3 is 0 Å². The molecule has 11 heavy (non-hydrogen) atoms. The normalized spacial score (nSPS) is 9.27. The zero-order chi connectivity index (χ0) is 8.27. The molecular formula is C7H4F2NS. The van der Waals surface area contributed by atoms with Crippen molar-refractivity contribution < 1.29 is 8.78 Å². The number of rotatable bonds is 2. The van der Waals surface area contributed by atoms with Crippen molar-refractivity contribution in [3.63, 3.8) is 0 Å². The molecule has 0 unspecified atom stereocenters. The highest BCUT2D eigenvalue weighted by Crippen LogP contribution is 2.13. The van der Waals surface area contributed by atoms with Gasteiger partial charge in [-0.3, -0.25) is 0 Å². The minimum Gasteiger partial charge on any atom is -0.342 e. The van der Waals surface area contributed by atoms with Crippen LogP contribution in [0.25, 0.3) is 0 Å². The minimum atomic E-state index is -0.552. The quantitative estimate of drug-likeness (QED) is 0.542. The predicted octanol–water partition coefficient (Wildman–Crippen LogP) is 2.21. The monoisotopic (exact) mass is 172 g/mol. The van der Waals surface area contributed by atoms with Crippen molar-refractivity contribution in [2.75, 3.05) is 5.32 Å². The van der Waals surface area contributed by atoms with Gasteiger partial charge in [0.1, 0.15) is 17.1 Å². The Hall–Kier alpha value is -1.03. The molecule has 57 valence electrons. The van der Waals surface area contributed by atoms with Crippen molar-refractivity contribution in [2.45, 2.75) is 0 Å². The second-order valence-electron chi connectivity index (χ2n) is 1.85. The Kier molecular flexibility index (Phi) is 2.48. The van der Waals surface area contributed by atoms with Crippen LogP contribution in [0.1, 0.15) is 0 Å². The van der Waals surface area contributed by atoms with Crippen LogP contribution in [-0.2, 0) is 0 Å². The van der Waals surface area contributed by atoms with E-state index in [9.17, 15) is 8.78 Å². The number of halogens is 2. The summed E-state index contributed by atoms with van der Waals surface area (Å²) in [4.78, 5) is 0. The molecule has 0 aliphatic heterocycles. The van der Waals surface area contributed by atoms with E-state index < -0.39 is 11.6 Å². The van der Waals surface area contributed by atoms with Gasteiger partial charge in [0.2, 0.25) is 0 Å². The Morgan fingerprint density at radius 1 is 1.36 bits per heavy atom. The summed E-state index contributed by atoms with van der Waals surface area (Å²) in [5.41, 5.74) is 2.08. The molecule has 1 N–H and O–H groups in total. The first kappa shape index (κ1) is 8.07. The molecule has 1 rings (SSSR count). The van der Waals surface area contributed by atoms with E-state index in [0.29, 0.717) is 0 Å². The summed E-state index contributed by atoms with van der Waals surface area (Å²) in [6.07, 6.45) is 0. The fraction of sp³-hybridized carbons (Fsp3) is 0. The molecule has 0 aromatic heterocycles. The van der Waals surface area contributed by atoms with Gasteiger partial charge in [0.05, 0.1) is 5.69 Å². The second kappa shape index (κ2) is 3.39. The largest absolute Gasteiger partial charge is 0.342 e. The summed E-state index contributed by atoms with van der Waals surface area (Å²) in [6.45, 7) is 0. The second-order valence-corrected chi connectivity index (χ2v) is 2.06. The number of benzene rings is 1. The summed E-state index contributed by atoms with van der Waals surface area (Å²) in [7, 11) is 0. The van der Waals surface area contributed by atoms with Gasteiger partial charge in [-0.15, -0.1) is 0 Å². The van der Waals surface area contributed by atoms with Gasteiger partial charge in [-0.05, 0) is 12.1 Å². The van der Waals surface area contributed by atoms with Crippen LogP contribution in [0.15, 0.2) is 18.2 Å². The van der Waals surface area contributed by atoms with E-state index >= 15 is 0 Å². The zero-order valence-electron chi connectivity index (χ0n) is 5.40. The van der Waals surface area contributed by atoms with Crippen molar-refractivity contribution in [2.24, 2.45) is 0 Å². The Morgan fingerprint density at radius 2 is 2.09 bits per heavy atom. The standard InChI is InChI=1S/C7H4F2NS/c8-5-1-2-6(9)7(3-5)10-4-11/h1-3H,(H,10,11). The molecule has 0 bridgehead atoms. The van der Waals surface area contributed by atoms with E-state index in [0.717, 1.165) is 18.2 Å². The minimum absolute atomic E-state index is 0.000000000000000222. The van der Waals surface area contributed by atoms with E-state index in [1.54, 1.807) is 0 Å². The molecule has 1 aromatic carbocycles. The third kappa shape index (κ3) is 1.94. The smallest absolute Gasteiger partial charge is 0.146 e. The first-order valence-corrected chi connectivity index (χ1v) is 3.23. The van der Waals surface area contributed by atoms with Crippen molar-refractivity contribution in [3.8, 4) is 0 Å². The van der Waals surface area contributed by atoms with Gasteiger partial charge in [0.25, 0.3) is 0 Å². The zero-order valence-corrected chi connectivity index (χ0v) is 6.21. The molecule has 0 saturated carbocycles. The Morgan fingerprint density at radius 3 is 2.73 bits per heavy atom. The van der Waals surface area contributed by atoms with Crippen molar-refractivity contribution in [1.82, 2.24) is 0 Å². The Bertz CT molecular complexity index is 275. The summed E-state index contributed by atoms with van der Waals surface area (Å²) in [6, 6.07) is 3.06. The van der Waals surface area contributed by atoms with Crippen LogP contribution in [-0.4, -0.2) is 5.49 Å². The number of hydrogen-bond acceptors (Lipinski definition) is 1.